The molecule has 0 spiro atoms. The molecule has 1 aliphatic carbocycles. The van der Waals surface area contributed by atoms with Gasteiger partial charge in [-0.1, -0.05) is 25.7 Å². The van der Waals surface area contributed by atoms with E-state index in [1.807, 2.05) is 0 Å². The topological polar surface area (TPSA) is 23.8 Å². The Balaban J connectivity index is 0.000000360. The molecule has 0 aliphatic heterocycles. The van der Waals surface area contributed by atoms with Gasteiger partial charge in [0.15, 0.2) is 0 Å². The Kier molecular flexibility index (Phi) is 4.00. The van der Waals surface area contributed by atoms with E-state index >= 15 is 0 Å². The van der Waals surface area contributed by atoms with Crippen molar-refractivity contribution >= 4 is 0 Å². The molecule has 1 aliphatic rings. The van der Waals surface area contributed by atoms with E-state index in [1.165, 1.54) is 12.8 Å². The van der Waals surface area contributed by atoms with Crippen LogP contribution in [0.5, 0.6) is 0 Å². The fraction of sp³-hybridized carbons (Fsp3) is 1.00. The first-order valence-corrected chi connectivity index (χ1v) is 2.61. The van der Waals surface area contributed by atoms with Crippen LogP contribution in [-0.2, 0) is 21.7 Å². The van der Waals surface area contributed by atoms with Crippen LogP contribution in [0.15, 0.2) is 0 Å². The molecule has 7 heavy (non-hydrogen) atoms. The molecule has 1 fully saturated rings. The van der Waals surface area contributed by atoms with Gasteiger partial charge in [0.05, 0.1) is 0 Å². The molecule has 40 valence electrons. The van der Waals surface area contributed by atoms with E-state index in [9.17, 15) is 0 Å². The molecule has 1 N–H and O–H groups in total. The maximum absolute atomic E-state index is 7.13. The summed E-state index contributed by atoms with van der Waals surface area (Å²) in [6.45, 7) is 0. The third-order valence-corrected chi connectivity index (χ3v) is 1.36. The van der Waals surface area contributed by atoms with Gasteiger partial charge in [0.2, 0.25) is 0 Å². The molecule has 0 bridgehead atoms. The van der Waals surface area contributed by atoms with Gasteiger partial charge in [-0.2, -0.15) is 0 Å². The number of nitrogens with one attached hydrogen (secondary N) is 1. The summed E-state index contributed by atoms with van der Waals surface area (Å²) in [5.74, 6) is 0. The summed E-state index contributed by atoms with van der Waals surface area (Å²) in [5, 5.41) is 0. The second-order valence-electron chi connectivity index (χ2n) is 1.98. The van der Waals surface area contributed by atoms with Gasteiger partial charge in [0.1, 0.15) is 0 Å². The largest absolute Gasteiger partial charge is 0.675 e. The number of rotatable bonds is 0. The number of hydrogen-bond donors (Lipinski definition) is 0. The molecule has 0 aromatic heterocycles. The van der Waals surface area contributed by atoms with Crippen molar-refractivity contribution in [2.45, 2.75) is 31.7 Å². The first-order valence-electron chi connectivity index (χ1n) is 2.61. The van der Waals surface area contributed by atoms with Gasteiger partial charge in [0, 0.05) is 21.7 Å². The summed E-state index contributed by atoms with van der Waals surface area (Å²) < 4.78 is 0. The smallest absolute Gasteiger partial charge is 0 e. The van der Waals surface area contributed by atoms with Crippen molar-refractivity contribution in [3.05, 3.63) is 5.73 Å². The van der Waals surface area contributed by atoms with Gasteiger partial charge >= 0.3 is 0 Å². The Morgan fingerprint density at radius 3 is 1.71 bits per heavy atom. The van der Waals surface area contributed by atoms with Crippen LogP contribution in [0, 0.1) is 0 Å². The minimum Gasteiger partial charge on any atom is -0.675 e. The standard InChI is InChI=1S/C5H10N.Ti/c6-5-3-1-2-4-5;/h5-6H,1-4H2;/q-1;. The van der Waals surface area contributed by atoms with Gasteiger partial charge in [-0.3, -0.25) is 0 Å². The Morgan fingerprint density at radius 2 is 1.57 bits per heavy atom. The van der Waals surface area contributed by atoms with Crippen molar-refractivity contribution in [2.75, 3.05) is 0 Å². The zero-order chi connectivity index (χ0) is 4.41. The molecular formula is C5H10NTi-. The molecule has 2 heteroatoms. The zero-order valence-corrected chi connectivity index (χ0v) is 5.97. The molecule has 0 radical (unpaired) electrons. The summed E-state index contributed by atoms with van der Waals surface area (Å²) in [4.78, 5) is 0. The maximum Gasteiger partial charge on any atom is 0 e. The Labute approximate surface area is 59.5 Å². The monoisotopic (exact) mass is 132 g/mol. The SMILES string of the molecule is [NH-]C1CCCC1.[Ti]. The van der Waals surface area contributed by atoms with Crippen molar-refractivity contribution in [2.24, 2.45) is 0 Å². The molecule has 0 aromatic rings. The molecule has 0 aromatic carbocycles. The van der Waals surface area contributed by atoms with E-state index in [0.29, 0.717) is 6.04 Å². The van der Waals surface area contributed by atoms with Crippen LogP contribution in [0.1, 0.15) is 25.7 Å². The Hall–Kier alpha value is 0.674. The Morgan fingerprint density at radius 1 is 1.14 bits per heavy atom. The van der Waals surface area contributed by atoms with Crippen LogP contribution in [0.4, 0.5) is 0 Å². The molecule has 1 rings (SSSR count). The number of hydrogen-bond acceptors (Lipinski definition) is 0. The molecule has 0 heterocycles. The van der Waals surface area contributed by atoms with Crippen molar-refractivity contribution in [1.82, 2.24) is 0 Å². The predicted molar refractivity (Wildman–Crippen MR) is 26.6 cm³/mol. The molecule has 1 saturated carbocycles. The first-order chi connectivity index (χ1) is 2.89. The third kappa shape index (κ3) is 2.48. The third-order valence-electron chi connectivity index (χ3n) is 1.36. The van der Waals surface area contributed by atoms with E-state index in [-0.39, 0.29) is 21.7 Å². The van der Waals surface area contributed by atoms with Crippen LogP contribution in [0.25, 0.3) is 5.73 Å². The summed E-state index contributed by atoms with van der Waals surface area (Å²) in [7, 11) is 0. The molecule has 0 amide bonds. The molecule has 1 nitrogen and oxygen atoms in total. The second-order valence-corrected chi connectivity index (χ2v) is 1.98. The Bertz CT molecular complexity index is 41.3. The predicted octanol–water partition coefficient (Wildman–Crippen LogP) is 1.98. The van der Waals surface area contributed by atoms with Crippen LogP contribution < -0.4 is 0 Å². The fourth-order valence-electron chi connectivity index (χ4n) is 0.926. The van der Waals surface area contributed by atoms with Crippen molar-refractivity contribution in [1.29, 1.82) is 0 Å². The van der Waals surface area contributed by atoms with Gasteiger partial charge in [-0.15, -0.1) is 6.04 Å². The minimum absolute atomic E-state index is 0. The maximum atomic E-state index is 7.13. The molecular weight excluding hydrogens is 122 g/mol. The summed E-state index contributed by atoms with van der Waals surface area (Å²) in [6, 6.07) is 0.296. The normalized spacial score (nSPS) is 21.9. The average molecular weight is 132 g/mol. The van der Waals surface area contributed by atoms with E-state index in [0.717, 1.165) is 12.8 Å². The fourth-order valence-corrected chi connectivity index (χ4v) is 0.926. The van der Waals surface area contributed by atoms with Crippen molar-refractivity contribution in [3.8, 4) is 0 Å². The molecule has 0 atom stereocenters. The van der Waals surface area contributed by atoms with Gasteiger partial charge in [-0.25, -0.2) is 0 Å². The van der Waals surface area contributed by atoms with Gasteiger partial charge in [0.25, 0.3) is 0 Å². The van der Waals surface area contributed by atoms with Crippen LogP contribution in [-0.4, -0.2) is 6.04 Å². The molecule has 0 unspecified atom stereocenters. The van der Waals surface area contributed by atoms with Crippen LogP contribution in [0.3, 0.4) is 0 Å². The average Bonchev–Trinajstić information content (AvgIpc) is 1.86. The minimum atomic E-state index is 0. The summed E-state index contributed by atoms with van der Waals surface area (Å²) >= 11 is 0. The van der Waals surface area contributed by atoms with E-state index in [2.05, 4.69) is 0 Å². The van der Waals surface area contributed by atoms with E-state index in [4.69, 9.17) is 5.73 Å². The van der Waals surface area contributed by atoms with Crippen LogP contribution in [0.2, 0.25) is 0 Å². The summed E-state index contributed by atoms with van der Waals surface area (Å²) in [6.07, 6.45) is 4.91. The zero-order valence-electron chi connectivity index (χ0n) is 4.41. The van der Waals surface area contributed by atoms with Crippen LogP contribution >= 0.6 is 0 Å². The van der Waals surface area contributed by atoms with Gasteiger partial charge < -0.3 is 5.73 Å². The molecule has 0 saturated heterocycles. The van der Waals surface area contributed by atoms with E-state index in [1.54, 1.807) is 0 Å². The van der Waals surface area contributed by atoms with Crippen molar-refractivity contribution in [3.63, 3.8) is 0 Å². The first kappa shape index (κ1) is 7.67. The van der Waals surface area contributed by atoms with Crippen molar-refractivity contribution < 1.29 is 21.7 Å². The second kappa shape index (κ2) is 3.65. The summed E-state index contributed by atoms with van der Waals surface area (Å²) in [5.41, 5.74) is 7.13. The quantitative estimate of drug-likeness (QED) is 0.450. The van der Waals surface area contributed by atoms with Gasteiger partial charge in [-0.05, 0) is 0 Å². The van der Waals surface area contributed by atoms with E-state index < -0.39 is 0 Å².